The number of halogens is 1. The van der Waals surface area contributed by atoms with E-state index < -0.39 is 26.8 Å². The maximum Gasteiger partial charge on any atom is 0.280 e. The van der Waals surface area contributed by atoms with Crippen LogP contribution in [0.2, 0.25) is 0 Å². The summed E-state index contributed by atoms with van der Waals surface area (Å²) in [6.45, 7) is -0.116. The van der Waals surface area contributed by atoms with Crippen molar-refractivity contribution in [3.05, 3.63) is 81.7 Å². The Kier molecular flexibility index (Phi) is 5.44. The van der Waals surface area contributed by atoms with Gasteiger partial charge in [-0.05, 0) is 47.8 Å². The molecule has 2 heterocycles. The highest BCUT2D eigenvalue weighted by Gasteiger charge is 2.31. The lowest BCUT2D eigenvalue weighted by molar-refractivity contribution is 0.0953. The summed E-state index contributed by atoms with van der Waals surface area (Å²) in [5, 5.41) is 3.77. The summed E-state index contributed by atoms with van der Waals surface area (Å²) in [5.41, 5.74) is 0.719. The summed E-state index contributed by atoms with van der Waals surface area (Å²) in [7, 11) is -3.83. The van der Waals surface area contributed by atoms with Crippen molar-refractivity contribution >= 4 is 48.6 Å². The maximum atomic E-state index is 13.2. The highest BCUT2D eigenvalue weighted by atomic mass is 32.2. The average Bonchev–Trinajstić information content (AvgIpc) is 3.38. The van der Waals surface area contributed by atoms with Gasteiger partial charge in [-0.3, -0.25) is 4.79 Å². The third-order valence-electron chi connectivity index (χ3n) is 4.31. The lowest BCUT2D eigenvalue weighted by atomic mass is 10.3. The van der Waals surface area contributed by atoms with E-state index in [1.807, 2.05) is 24.3 Å². The molecule has 0 aliphatic heterocycles. The first kappa shape index (κ1) is 19.7. The average molecular weight is 447 g/mol. The molecule has 148 valence electrons. The Labute approximate surface area is 174 Å². The van der Waals surface area contributed by atoms with Gasteiger partial charge in [0, 0.05) is 11.4 Å². The van der Waals surface area contributed by atoms with E-state index in [1.54, 1.807) is 17.5 Å². The summed E-state index contributed by atoms with van der Waals surface area (Å²) in [6.07, 6.45) is 0. The number of amides is 1. The molecule has 1 atom stereocenters. The van der Waals surface area contributed by atoms with E-state index >= 15 is 0 Å². The molecule has 0 saturated carbocycles. The van der Waals surface area contributed by atoms with E-state index in [9.17, 15) is 17.6 Å². The number of carbonyl (C=O) groups is 1. The standard InChI is InChI=1S/C20H15FN2O3S3/c21-13-7-9-14(10-8-13)29(25,26)18(17-6-3-11-27-17)12-22-19(24)20-23-15-4-1-2-5-16(15)28-20/h1-11,18H,12H2,(H,22,24). The van der Waals surface area contributed by atoms with Gasteiger partial charge in [-0.2, -0.15) is 0 Å². The zero-order chi connectivity index (χ0) is 20.4. The second-order valence-electron chi connectivity index (χ2n) is 6.20. The molecule has 0 bridgehead atoms. The molecule has 29 heavy (non-hydrogen) atoms. The minimum absolute atomic E-state index is 0.00605. The molecule has 2 aromatic heterocycles. The number of fused-ring (bicyclic) bond motifs is 1. The number of thiazole rings is 1. The number of hydrogen-bond donors (Lipinski definition) is 1. The summed E-state index contributed by atoms with van der Waals surface area (Å²) >= 11 is 2.54. The number of hydrogen-bond acceptors (Lipinski definition) is 6. The number of rotatable bonds is 6. The number of sulfone groups is 1. The second kappa shape index (κ2) is 8.02. The molecule has 2 aromatic carbocycles. The predicted octanol–water partition coefficient (Wildman–Crippen LogP) is 4.44. The van der Waals surface area contributed by atoms with Crippen LogP contribution in [-0.4, -0.2) is 25.9 Å². The second-order valence-corrected chi connectivity index (χ2v) is 10.3. The maximum absolute atomic E-state index is 13.2. The molecular weight excluding hydrogens is 431 g/mol. The Morgan fingerprint density at radius 3 is 2.52 bits per heavy atom. The SMILES string of the molecule is O=C(NCC(c1cccs1)S(=O)(=O)c1ccc(F)cc1)c1nc2ccccc2s1. The molecule has 0 radical (unpaired) electrons. The van der Waals surface area contributed by atoms with Gasteiger partial charge in [0.1, 0.15) is 11.1 Å². The molecule has 0 spiro atoms. The highest BCUT2D eigenvalue weighted by molar-refractivity contribution is 7.91. The topological polar surface area (TPSA) is 76.1 Å². The number of carbonyl (C=O) groups excluding carboxylic acids is 1. The summed E-state index contributed by atoms with van der Waals surface area (Å²) in [6, 6.07) is 15.5. The Morgan fingerprint density at radius 2 is 1.83 bits per heavy atom. The van der Waals surface area contributed by atoms with Crippen molar-refractivity contribution in [1.82, 2.24) is 10.3 Å². The van der Waals surface area contributed by atoms with Gasteiger partial charge in [0.05, 0.1) is 15.1 Å². The number of thiophene rings is 1. The van der Waals surface area contributed by atoms with E-state index in [-0.39, 0.29) is 16.4 Å². The van der Waals surface area contributed by atoms with Gasteiger partial charge in [-0.1, -0.05) is 18.2 Å². The zero-order valence-electron chi connectivity index (χ0n) is 14.9. The Bertz CT molecular complexity index is 1220. The predicted molar refractivity (Wildman–Crippen MR) is 113 cm³/mol. The lowest BCUT2D eigenvalue weighted by Crippen LogP contribution is -2.31. The summed E-state index contributed by atoms with van der Waals surface area (Å²) < 4.78 is 40.4. The van der Waals surface area contributed by atoms with Crippen LogP contribution in [0.25, 0.3) is 10.2 Å². The minimum Gasteiger partial charge on any atom is -0.348 e. The number of nitrogens with one attached hydrogen (secondary N) is 1. The molecule has 4 rings (SSSR count). The monoisotopic (exact) mass is 446 g/mol. The molecule has 5 nitrogen and oxygen atoms in total. The molecule has 0 aliphatic rings. The van der Waals surface area contributed by atoms with Gasteiger partial charge in [-0.25, -0.2) is 17.8 Å². The van der Waals surface area contributed by atoms with Gasteiger partial charge in [0.15, 0.2) is 14.8 Å². The lowest BCUT2D eigenvalue weighted by Gasteiger charge is -2.17. The van der Waals surface area contributed by atoms with Crippen molar-refractivity contribution in [2.24, 2.45) is 0 Å². The minimum atomic E-state index is -3.83. The van der Waals surface area contributed by atoms with Gasteiger partial charge < -0.3 is 5.32 Å². The Morgan fingerprint density at radius 1 is 1.07 bits per heavy atom. The highest BCUT2D eigenvalue weighted by Crippen LogP contribution is 2.31. The van der Waals surface area contributed by atoms with E-state index in [0.717, 1.165) is 22.3 Å². The fourth-order valence-corrected chi connectivity index (χ4v) is 6.52. The number of benzene rings is 2. The van der Waals surface area contributed by atoms with E-state index in [0.29, 0.717) is 4.88 Å². The van der Waals surface area contributed by atoms with Crippen molar-refractivity contribution in [2.45, 2.75) is 10.1 Å². The smallest absolute Gasteiger partial charge is 0.280 e. The van der Waals surface area contributed by atoms with Gasteiger partial charge in [0.2, 0.25) is 0 Å². The molecule has 0 fully saturated rings. The normalized spacial score (nSPS) is 12.7. The quantitative estimate of drug-likeness (QED) is 0.444. The molecule has 1 unspecified atom stereocenters. The molecule has 1 amide bonds. The van der Waals surface area contributed by atoms with Crippen LogP contribution in [0.15, 0.2) is 70.9 Å². The van der Waals surface area contributed by atoms with Crippen LogP contribution in [0, 0.1) is 5.82 Å². The van der Waals surface area contributed by atoms with E-state index in [2.05, 4.69) is 10.3 Å². The van der Waals surface area contributed by atoms with Crippen LogP contribution in [-0.2, 0) is 9.84 Å². The number of nitrogens with zero attached hydrogens (tertiary/aromatic N) is 1. The Hall–Kier alpha value is -2.62. The fraction of sp³-hybridized carbons (Fsp3) is 0.100. The molecule has 0 aliphatic carbocycles. The van der Waals surface area contributed by atoms with Gasteiger partial charge >= 0.3 is 0 Å². The summed E-state index contributed by atoms with van der Waals surface area (Å²) in [5.74, 6) is -0.942. The van der Waals surface area contributed by atoms with Crippen molar-refractivity contribution in [2.75, 3.05) is 6.54 Å². The van der Waals surface area contributed by atoms with Gasteiger partial charge in [-0.15, -0.1) is 22.7 Å². The van der Waals surface area contributed by atoms with Crippen molar-refractivity contribution in [3.8, 4) is 0 Å². The van der Waals surface area contributed by atoms with Crippen molar-refractivity contribution in [3.63, 3.8) is 0 Å². The molecule has 4 aromatic rings. The third-order valence-corrected chi connectivity index (χ3v) is 8.58. The van der Waals surface area contributed by atoms with Crippen LogP contribution in [0.5, 0.6) is 0 Å². The number of aromatic nitrogens is 1. The van der Waals surface area contributed by atoms with Crippen LogP contribution >= 0.6 is 22.7 Å². The van der Waals surface area contributed by atoms with Crippen LogP contribution in [0.3, 0.4) is 0 Å². The zero-order valence-corrected chi connectivity index (χ0v) is 17.4. The molecule has 1 N–H and O–H groups in total. The molecule has 9 heteroatoms. The fourth-order valence-electron chi connectivity index (χ4n) is 2.86. The van der Waals surface area contributed by atoms with Crippen LogP contribution < -0.4 is 5.32 Å². The van der Waals surface area contributed by atoms with E-state index in [1.165, 1.54) is 34.8 Å². The van der Waals surface area contributed by atoms with E-state index in [4.69, 9.17) is 0 Å². The van der Waals surface area contributed by atoms with Crippen molar-refractivity contribution in [1.29, 1.82) is 0 Å². The molecule has 0 saturated heterocycles. The third kappa shape index (κ3) is 4.07. The molecular formula is C20H15FN2O3S3. The van der Waals surface area contributed by atoms with Gasteiger partial charge in [0.25, 0.3) is 5.91 Å². The first-order valence-corrected chi connectivity index (χ1v) is 11.9. The number of para-hydroxylation sites is 1. The first-order chi connectivity index (χ1) is 13.9. The summed E-state index contributed by atoms with van der Waals surface area (Å²) in [4.78, 5) is 17.5. The first-order valence-electron chi connectivity index (χ1n) is 8.62. The largest absolute Gasteiger partial charge is 0.348 e. The van der Waals surface area contributed by atoms with Crippen molar-refractivity contribution < 1.29 is 17.6 Å². The van der Waals surface area contributed by atoms with Crippen LogP contribution in [0.4, 0.5) is 4.39 Å². The Balaban J connectivity index is 1.59. The van der Waals surface area contributed by atoms with Crippen LogP contribution in [0.1, 0.15) is 19.9 Å².